The fraction of sp³-hybridized carbons (Fsp3) is 0.600. The molecule has 1 aromatic carbocycles. The molecule has 1 atom stereocenters. The summed E-state index contributed by atoms with van der Waals surface area (Å²) in [5.41, 5.74) is 4.51. The first-order valence-electron chi connectivity index (χ1n) is 11.5. The van der Waals surface area contributed by atoms with E-state index in [0.717, 1.165) is 43.6 Å². The van der Waals surface area contributed by atoms with Crippen LogP contribution in [0.25, 0.3) is 0 Å². The first kappa shape index (κ1) is 24.3. The van der Waals surface area contributed by atoms with E-state index < -0.39 is 18.3 Å². The molecule has 4 nitrogen and oxygen atoms in total. The van der Waals surface area contributed by atoms with Gasteiger partial charge in [0.05, 0.1) is 10.6 Å². The molecule has 172 valence electrons. The monoisotopic (exact) mass is 461 g/mol. The van der Waals surface area contributed by atoms with Crippen molar-refractivity contribution in [3.8, 4) is 0 Å². The Kier molecular flexibility index (Phi) is 6.95. The molecule has 0 amide bonds. The van der Waals surface area contributed by atoms with E-state index in [4.69, 9.17) is 4.43 Å². The highest BCUT2D eigenvalue weighted by atomic mass is 32.2. The van der Waals surface area contributed by atoms with Gasteiger partial charge in [-0.25, -0.2) is 8.42 Å². The second kappa shape index (κ2) is 8.87. The second-order valence-electron chi connectivity index (χ2n) is 10.7. The van der Waals surface area contributed by atoms with Gasteiger partial charge in [-0.05, 0) is 79.9 Å². The standard InChI is InChI=1S/C25H39NO3SSi/c1-19-10-12-23(13-11-19)30(27,28)26-15-14-22-18-20(2)17-21(24(22)26)9-8-16-29-31(6,7)25(3,4)5/h10-13,17,20H,8-9,14-16,18H2,1-7H3. The highest BCUT2D eigenvalue weighted by molar-refractivity contribution is 7.89. The summed E-state index contributed by atoms with van der Waals surface area (Å²) in [4.78, 5) is 0.381. The lowest BCUT2D eigenvalue weighted by Crippen LogP contribution is -2.41. The molecule has 1 unspecified atom stereocenters. The normalized spacial score (nSPS) is 20.2. The maximum absolute atomic E-state index is 13.4. The first-order valence-corrected chi connectivity index (χ1v) is 15.8. The van der Waals surface area contributed by atoms with E-state index in [1.54, 1.807) is 16.4 Å². The van der Waals surface area contributed by atoms with E-state index in [-0.39, 0.29) is 5.04 Å². The zero-order chi connectivity index (χ0) is 23.0. The SMILES string of the molecule is Cc1ccc(S(=O)(=O)N2CCC3=C2C(CCCO[Si](C)(C)C(C)(C)C)=CC(C)C3)cc1. The number of sulfonamides is 1. The summed E-state index contributed by atoms with van der Waals surface area (Å²) in [5.74, 6) is 0.456. The molecule has 3 rings (SSSR count). The molecular formula is C25H39NO3SSi. The molecule has 31 heavy (non-hydrogen) atoms. The minimum atomic E-state index is -3.54. The average Bonchev–Trinajstić information content (AvgIpc) is 3.09. The number of allylic oxidation sites excluding steroid dienone is 2. The van der Waals surface area contributed by atoms with Gasteiger partial charge in [0.2, 0.25) is 0 Å². The number of benzene rings is 1. The summed E-state index contributed by atoms with van der Waals surface area (Å²) >= 11 is 0. The van der Waals surface area contributed by atoms with Crippen LogP contribution in [0.4, 0.5) is 0 Å². The summed E-state index contributed by atoms with van der Waals surface area (Å²) in [6, 6.07) is 7.20. The fourth-order valence-corrected chi connectivity index (χ4v) is 6.83. The van der Waals surface area contributed by atoms with Crippen LogP contribution in [0.1, 0.15) is 58.9 Å². The largest absolute Gasteiger partial charge is 0.417 e. The molecule has 2 aliphatic rings. The Labute approximate surface area is 190 Å². The Morgan fingerprint density at radius 2 is 1.81 bits per heavy atom. The van der Waals surface area contributed by atoms with Crippen molar-refractivity contribution in [2.45, 2.75) is 83.3 Å². The number of nitrogens with zero attached hydrogens (tertiary/aromatic N) is 1. The topological polar surface area (TPSA) is 46.6 Å². The third-order valence-corrected chi connectivity index (χ3v) is 13.4. The van der Waals surface area contributed by atoms with Gasteiger partial charge in [0.15, 0.2) is 8.32 Å². The van der Waals surface area contributed by atoms with Gasteiger partial charge in [-0.3, -0.25) is 4.31 Å². The smallest absolute Gasteiger partial charge is 0.264 e. The molecular weight excluding hydrogens is 422 g/mol. The van der Waals surface area contributed by atoms with Crippen molar-refractivity contribution in [2.24, 2.45) is 5.92 Å². The van der Waals surface area contributed by atoms with Crippen LogP contribution >= 0.6 is 0 Å². The maximum atomic E-state index is 13.4. The molecule has 0 spiro atoms. The van der Waals surface area contributed by atoms with E-state index in [0.29, 0.717) is 17.4 Å². The van der Waals surface area contributed by atoms with Crippen molar-refractivity contribution in [3.63, 3.8) is 0 Å². The van der Waals surface area contributed by atoms with Crippen LogP contribution in [0.15, 0.2) is 52.1 Å². The molecule has 1 aliphatic carbocycles. The summed E-state index contributed by atoms with van der Waals surface area (Å²) in [6.07, 6.45) is 5.86. The summed E-state index contributed by atoms with van der Waals surface area (Å²) < 4.78 is 34.9. The third kappa shape index (κ3) is 5.17. The van der Waals surface area contributed by atoms with Crippen LogP contribution in [0.2, 0.25) is 18.1 Å². The third-order valence-electron chi connectivity index (χ3n) is 7.03. The lowest BCUT2D eigenvalue weighted by atomic mass is 9.87. The van der Waals surface area contributed by atoms with Crippen LogP contribution in [0.3, 0.4) is 0 Å². The molecule has 0 aromatic heterocycles. The van der Waals surface area contributed by atoms with Crippen LogP contribution in [0.5, 0.6) is 0 Å². The van der Waals surface area contributed by atoms with E-state index >= 15 is 0 Å². The average molecular weight is 462 g/mol. The molecule has 0 radical (unpaired) electrons. The van der Waals surface area contributed by atoms with E-state index in [1.807, 2.05) is 19.1 Å². The molecule has 0 N–H and O–H groups in total. The molecule has 1 aromatic rings. The predicted molar refractivity (Wildman–Crippen MR) is 131 cm³/mol. The number of rotatable bonds is 7. The van der Waals surface area contributed by atoms with Gasteiger partial charge in [0.1, 0.15) is 0 Å². The summed E-state index contributed by atoms with van der Waals surface area (Å²) in [7, 11) is -5.30. The van der Waals surface area contributed by atoms with E-state index in [9.17, 15) is 8.42 Å². The minimum Gasteiger partial charge on any atom is -0.417 e. The molecule has 1 aliphatic heterocycles. The number of hydrogen-bond donors (Lipinski definition) is 0. The molecule has 1 heterocycles. The maximum Gasteiger partial charge on any atom is 0.264 e. The van der Waals surface area contributed by atoms with Gasteiger partial charge in [0.25, 0.3) is 10.0 Å². The fourth-order valence-electron chi connectivity index (χ4n) is 4.19. The molecule has 0 bridgehead atoms. The molecule has 6 heteroatoms. The summed E-state index contributed by atoms with van der Waals surface area (Å²) in [6.45, 7) is 16.8. The van der Waals surface area contributed by atoms with Crippen molar-refractivity contribution in [1.29, 1.82) is 0 Å². The van der Waals surface area contributed by atoms with Crippen LogP contribution in [-0.4, -0.2) is 34.2 Å². The van der Waals surface area contributed by atoms with Crippen LogP contribution < -0.4 is 0 Å². The van der Waals surface area contributed by atoms with E-state index in [2.05, 4.69) is 46.9 Å². The molecule has 0 saturated carbocycles. The zero-order valence-electron chi connectivity index (χ0n) is 20.3. The van der Waals surface area contributed by atoms with Gasteiger partial charge in [-0.15, -0.1) is 0 Å². The summed E-state index contributed by atoms with van der Waals surface area (Å²) in [5, 5.41) is 0.200. The van der Waals surface area contributed by atoms with Gasteiger partial charge in [-0.1, -0.05) is 51.5 Å². The highest BCUT2D eigenvalue weighted by Gasteiger charge is 2.38. The van der Waals surface area contributed by atoms with Crippen molar-refractivity contribution in [3.05, 3.63) is 52.7 Å². The predicted octanol–water partition coefficient (Wildman–Crippen LogP) is 6.41. The Morgan fingerprint density at radius 3 is 2.42 bits per heavy atom. The minimum absolute atomic E-state index is 0.200. The second-order valence-corrected chi connectivity index (χ2v) is 17.3. The highest BCUT2D eigenvalue weighted by Crippen LogP contribution is 2.42. The quantitative estimate of drug-likeness (QED) is 0.348. The Hall–Kier alpha value is -1.37. The van der Waals surface area contributed by atoms with Crippen molar-refractivity contribution in [1.82, 2.24) is 4.31 Å². The number of hydrogen-bond acceptors (Lipinski definition) is 3. The lowest BCUT2D eigenvalue weighted by Gasteiger charge is -2.36. The van der Waals surface area contributed by atoms with E-state index in [1.165, 1.54) is 11.1 Å². The van der Waals surface area contributed by atoms with Gasteiger partial charge < -0.3 is 4.43 Å². The lowest BCUT2D eigenvalue weighted by molar-refractivity contribution is 0.282. The molecule has 0 fully saturated rings. The zero-order valence-corrected chi connectivity index (χ0v) is 22.1. The Morgan fingerprint density at radius 1 is 1.16 bits per heavy atom. The first-order chi connectivity index (χ1) is 14.3. The Bertz CT molecular complexity index is 969. The molecule has 0 saturated heterocycles. The van der Waals surface area contributed by atoms with Gasteiger partial charge >= 0.3 is 0 Å². The van der Waals surface area contributed by atoms with Gasteiger partial charge in [-0.2, -0.15) is 0 Å². The van der Waals surface area contributed by atoms with Crippen molar-refractivity contribution < 1.29 is 12.8 Å². The Balaban J connectivity index is 1.76. The van der Waals surface area contributed by atoms with Gasteiger partial charge in [0, 0.05) is 13.2 Å². The van der Waals surface area contributed by atoms with Crippen LogP contribution in [-0.2, 0) is 14.4 Å². The van der Waals surface area contributed by atoms with Crippen LogP contribution in [0, 0.1) is 12.8 Å². The van der Waals surface area contributed by atoms with Crippen molar-refractivity contribution in [2.75, 3.05) is 13.2 Å². The number of aryl methyl sites for hydroxylation is 1. The van der Waals surface area contributed by atoms with Crippen molar-refractivity contribution >= 4 is 18.3 Å².